The lowest BCUT2D eigenvalue weighted by atomic mass is 10.5. The van der Waals surface area contributed by atoms with Crippen LogP contribution in [0.1, 0.15) is 0 Å². The van der Waals surface area contributed by atoms with Crippen LogP contribution >= 0.6 is 0 Å². The molecule has 4 nitrogen and oxygen atoms in total. The summed E-state index contributed by atoms with van der Waals surface area (Å²) in [6, 6.07) is 5.19. The molecule has 1 aromatic rings. The van der Waals surface area contributed by atoms with E-state index in [1.807, 2.05) is 0 Å². The van der Waals surface area contributed by atoms with E-state index in [0.29, 0.717) is 0 Å². The zero-order chi connectivity index (χ0) is 8.32. The number of hydrogen-bond donors (Lipinski definition) is 0. The van der Waals surface area contributed by atoms with E-state index in [-0.39, 0.29) is 0 Å². The summed E-state index contributed by atoms with van der Waals surface area (Å²) in [6.07, 6.45) is 4.16. The zero-order valence-electron chi connectivity index (χ0n) is 6.01. The molecule has 0 atom stereocenters. The summed E-state index contributed by atoms with van der Waals surface area (Å²) in [5.41, 5.74) is 0. The van der Waals surface area contributed by atoms with Gasteiger partial charge in [0.05, 0.1) is 0 Å². The molecule has 0 unspecified atom stereocenters. The molecule has 0 saturated carbocycles. The number of pyridine rings is 1. The van der Waals surface area contributed by atoms with E-state index in [9.17, 15) is 8.42 Å². The zero-order valence-corrected chi connectivity index (χ0v) is 6.82. The summed E-state index contributed by atoms with van der Waals surface area (Å²) >= 11 is 0. The highest BCUT2D eigenvalue weighted by Crippen LogP contribution is 1.90. The molecule has 1 rings (SSSR count). The molecule has 0 aliphatic heterocycles. The Morgan fingerprint density at radius 3 is 2.18 bits per heavy atom. The van der Waals surface area contributed by atoms with Crippen molar-refractivity contribution in [2.24, 2.45) is 0 Å². The van der Waals surface area contributed by atoms with E-state index in [0.717, 1.165) is 6.26 Å². The van der Waals surface area contributed by atoms with E-state index >= 15 is 0 Å². The van der Waals surface area contributed by atoms with Gasteiger partial charge in [0.1, 0.15) is 10.0 Å². The van der Waals surface area contributed by atoms with Crippen molar-refractivity contribution in [2.45, 2.75) is 0 Å². The number of aromatic nitrogens is 1. The predicted octanol–water partition coefficient (Wildman–Crippen LogP) is 0.0705. The first-order valence-electron chi connectivity index (χ1n) is 2.97. The minimum absolute atomic E-state index is 1.05. The molecule has 0 radical (unpaired) electrons. The average Bonchev–Trinajstić information content (AvgIpc) is 1.85. The first-order valence-corrected chi connectivity index (χ1v) is 4.82. The SMILES string of the molecule is CS(=O)(=O)[N-][n+]1ccccc1. The van der Waals surface area contributed by atoms with Gasteiger partial charge in [0.2, 0.25) is 0 Å². The highest BCUT2D eigenvalue weighted by atomic mass is 32.2. The largest absolute Gasteiger partial charge is 0.322 e. The molecule has 1 heterocycles. The smallest absolute Gasteiger partial charge is 0.164 e. The molecule has 0 amide bonds. The van der Waals surface area contributed by atoms with E-state index < -0.39 is 10.0 Å². The average molecular weight is 172 g/mol. The fourth-order valence-corrected chi connectivity index (χ4v) is 1.07. The number of nitrogens with zero attached hydrogens (tertiary/aromatic N) is 2. The van der Waals surface area contributed by atoms with E-state index in [1.54, 1.807) is 30.6 Å². The van der Waals surface area contributed by atoms with Gasteiger partial charge in [-0.1, -0.05) is 6.07 Å². The van der Waals surface area contributed by atoms with Gasteiger partial charge in [-0.3, -0.25) is 0 Å². The third kappa shape index (κ3) is 2.99. The molecule has 0 bridgehead atoms. The Kier molecular flexibility index (Phi) is 2.09. The highest BCUT2D eigenvalue weighted by molar-refractivity contribution is 7.92. The molecular formula is C6H8N2O2S. The molecule has 0 aromatic carbocycles. The fourth-order valence-electron chi connectivity index (χ4n) is 0.615. The first-order chi connectivity index (χ1) is 5.08. The Morgan fingerprint density at radius 1 is 1.18 bits per heavy atom. The maximum atomic E-state index is 10.6. The Morgan fingerprint density at radius 2 is 1.73 bits per heavy atom. The van der Waals surface area contributed by atoms with Crippen LogP contribution in [0.5, 0.6) is 0 Å². The van der Waals surface area contributed by atoms with Crippen molar-refractivity contribution in [1.82, 2.24) is 0 Å². The quantitative estimate of drug-likeness (QED) is 0.593. The summed E-state index contributed by atoms with van der Waals surface area (Å²) in [4.78, 5) is 3.38. The molecule has 1 aromatic heterocycles. The van der Waals surface area contributed by atoms with Crippen LogP contribution in [0.25, 0.3) is 4.83 Å². The number of rotatable bonds is 2. The molecule has 0 fully saturated rings. The molecule has 5 heteroatoms. The van der Waals surface area contributed by atoms with Gasteiger partial charge in [0, 0.05) is 18.4 Å². The van der Waals surface area contributed by atoms with Gasteiger partial charge < -0.3 is 4.83 Å². The summed E-state index contributed by atoms with van der Waals surface area (Å²) in [7, 11) is -3.29. The fraction of sp³-hybridized carbons (Fsp3) is 0.167. The molecule has 0 saturated heterocycles. The predicted molar refractivity (Wildman–Crippen MR) is 40.2 cm³/mol. The third-order valence-corrected chi connectivity index (χ3v) is 1.43. The minimum atomic E-state index is -3.29. The second-order valence-electron chi connectivity index (χ2n) is 2.07. The Balaban J connectivity index is 2.82. The number of hydrogen-bond acceptors (Lipinski definition) is 2. The Bertz CT molecular complexity index is 320. The molecule has 0 aliphatic rings. The van der Waals surface area contributed by atoms with Crippen LogP contribution in [-0.2, 0) is 10.0 Å². The van der Waals surface area contributed by atoms with Crippen molar-refractivity contribution < 1.29 is 13.1 Å². The maximum absolute atomic E-state index is 10.6. The molecule has 0 aliphatic carbocycles. The highest BCUT2D eigenvalue weighted by Gasteiger charge is 1.92. The van der Waals surface area contributed by atoms with Crippen LogP contribution in [0.3, 0.4) is 0 Å². The summed E-state index contributed by atoms with van der Waals surface area (Å²) < 4.78 is 22.5. The van der Waals surface area contributed by atoms with Gasteiger partial charge in [-0.15, -0.1) is 0 Å². The lowest BCUT2D eigenvalue weighted by Crippen LogP contribution is -2.30. The first kappa shape index (κ1) is 8.00. The Hall–Kier alpha value is -1.10. The van der Waals surface area contributed by atoms with Crippen molar-refractivity contribution in [3.63, 3.8) is 0 Å². The second kappa shape index (κ2) is 2.87. The molecular weight excluding hydrogens is 164 g/mol. The van der Waals surface area contributed by atoms with Gasteiger partial charge in [0.15, 0.2) is 12.4 Å². The van der Waals surface area contributed by atoms with Crippen LogP contribution < -0.4 is 4.68 Å². The van der Waals surface area contributed by atoms with Gasteiger partial charge >= 0.3 is 0 Å². The van der Waals surface area contributed by atoms with Gasteiger partial charge in [-0.05, 0) is 0 Å². The van der Waals surface area contributed by atoms with Gasteiger partial charge in [-0.2, -0.15) is 0 Å². The summed E-state index contributed by atoms with van der Waals surface area (Å²) in [5, 5.41) is 0. The van der Waals surface area contributed by atoms with Crippen LogP contribution in [-0.4, -0.2) is 14.7 Å². The van der Waals surface area contributed by atoms with Crippen LogP contribution in [0, 0.1) is 0 Å². The van der Waals surface area contributed by atoms with Crippen molar-refractivity contribution in [1.29, 1.82) is 0 Å². The number of sulfonamides is 1. The van der Waals surface area contributed by atoms with Crippen LogP contribution in [0.15, 0.2) is 30.6 Å². The van der Waals surface area contributed by atoms with Crippen molar-refractivity contribution in [2.75, 3.05) is 6.26 Å². The molecule has 11 heavy (non-hydrogen) atoms. The van der Waals surface area contributed by atoms with E-state index in [4.69, 9.17) is 0 Å². The lowest BCUT2D eigenvalue weighted by Gasteiger charge is -2.08. The van der Waals surface area contributed by atoms with Gasteiger partial charge in [0.25, 0.3) is 0 Å². The molecule has 60 valence electrons. The van der Waals surface area contributed by atoms with Crippen molar-refractivity contribution >= 4 is 10.0 Å². The van der Waals surface area contributed by atoms with Crippen molar-refractivity contribution in [3.8, 4) is 0 Å². The maximum Gasteiger partial charge on any atom is 0.164 e. The van der Waals surface area contributed by atoms with Crippen LogP contribution in [0.4, 0.5) is 0 Å². The standard InChI is InChI=1S/C6H8N2O2S/c1-11(9,10)7-8-5-3-2-4-6-8/h2-6H,1H3. The monoisotopic (exact) mass is 172 g/mol. The van der Waals surface area contributed by atoms with Crippen LogP contribution in [0.2, 0.25) is 0 Å². The summed E-state index contributed by atoms with van der Waals surface area (Å²) in [6.45, 7) is 0. The third-order valence-electron chi connectivity index (χ3n) is 0.942. The Labute approximate surface area is 65.5 Å². The van der Waals surface area contributed by atoms with E-state index in [1.165, 1.54) is 4.68 Å². The topological polar surface area (TPSA) is 52.1 Å². The molecule has 0 N–H and O–H groups in total. The molecule has 0 spiro atoms. The minimum Gasteiger partial charge on any atom is -0.322 e. The summed E-state index contributed by atoms with van der Waals surface area (Å²) in [5.74, 6) is 0. The van der Waals surface area contributed by atoms with E-state index in [2.05, 4.69) is 4.83 Å². The van der Waals surface area contributed by atoms with Crippen molar-refractivity contribution in [3.05, 3.63) is 35.4 Å². The lowest BCUT2D eigenvalue weighted by molar-refractivity contribution is -0.614. The second-order valence-corrected chi connectivity index (χ2v) is 3.70. The normalized spacial score (nSPS) is 11.0. The van der Waals surface area contributed by atoms with Gasteiger partial charge in [-0.25, -0.2) is 13.1 Å².